The molecule has 0 aliphatic carbocycles. The Kier molecular flexibility index (Phi) is 8.17. The first-order valence-corrected chi connectivity index (χ1v) is 11.0. The Morgan fingerprint density at radius 3 is 2.81 bits per heavy atom. The molecule has 0 radical (unpaired) electrons. The molecule has 9 heteroatoms. The first-order valence-electron chi connectivity index (χ1n) is 10.0. The largest absolute Gasteiger partial charge is 0.466 e. The molecule has 0 spiro atoms. The highest BCUT2D eigenvalue weighted by molar-refractivity contribution is 7.99. The van der Waals surface area contributed by atoms with E-state index >= 15 is 0 Å². The van der Waals surface area contributed by atoms with E-state index in [2.05, 4.69) is 15.3 Å². The Hall–Kier alpha value is -3.20. The summed E-state index contributed by atoms with van der Waals surface area (Å²) in [6.07, 6.45) is 4.15. The third-order valence-corrected chi connectivity index (χ3v) is 5.38. The third kappa shape index (κ3) is 6.39. The maximum atomic E-state index is 13.1. The first-order chi connectivity index (χ1) is 15.1. The number of carbonyl (C=O) groups excluding carboxylic acids is 2. The second-order valence-corrected chi connectivity index (χ2v) is 7.65. The van der Waals surface area contributed by atoms with Gasteiger partial charge in [-0.25, -0.2) is 4.98 Å². The van der Waals surface area contributed by atoms with Crippen molar-refractivity contribution in [1.29, 1.82) is 0 Å². The van der Waals surface area contributed by atoms with Gasteiger partial charge in [0.05, 0.1) is 29.8 Å². The summed E-state index contributed by atoms with van der Waals surface area (Å²) in [4.78, 5) is 45.4. The molecular formula is C22H24N4O4S. The molecular weight excluding hydrogens is 416 g/mol. The fraction of sp³-hybridized carbons (Fsp3) is 0.318. The average Bonchev–Trinajstić information content (AvgIpc) is 2.78. The number of para-hydroxylation sites is 1. The van der Waals surface area contributed by atoms with Crippen molar-refractivity contribution in [2.75, 3.05) is 18.9 Å². The summed E-state index contributed by atoms with van der Waals surface area (Å²) in [5, 5.41) is 3.77. The zero-order chi connectivity index (χ0) is 22.1. The number of hydrogen-bond donors (Lipinski definition) is 1. The molecule has 1 amide bonds. The minimum Gasteiger partial charge on any atom is -0.466 e. The van der Waals surface area contributed by atoms with Gasteiger partial charge < -0.3 is 10.1 Å². The number of thioether (sulfide) groups is 1. The molecule has 0 bridgehead atoms. The third-order valence-electron chi connectivity index (χ3n) is 4.41. The van der Waals surface area contributed by atoms with Crippen LogP contribution in [0.25, 0.3) is 10.9 Å². The Labute approximate surface area is 184 Å². The van der Waals surface area contributed by atoms with Crippen LogP contribution in [0.2, 0.25) is 0 Å². The van der Waals surface area contributed by atoms with E-state index in [9.17, 15) is 14.4 Å². The topological polar surface area (TPSA) is 103 Å². The Bertz CT molecular complexity index is 1100. The average molecular weight is 441 g/mol. The second kappa shape index (κ2) is 11.3. The molecule has 1 N–H and O–H groups in total. The van der Waals surface area contributed by atoms with E-state index in [1.165, 1.54) is 11.8 Å². The van der Waals surface area contributed by atoms with E-state index in [0.29, 0.717) is 42.2 Å². The maximum absolute atomic E-state index is 13.1. The van der Waals surface area contributed by atoms with Crippen LogP contribution in [0, 0.1) is 0 Å². The summed E-state index contributed by atoms with van der Waals surface area (Å²) < 4.78 is 6.43. The van der Waals surface area contributed by atoms with E-state index in [1.807, 2.05) is 18.2 Å². The standard InChI is InChI=1S/C22H24N4O4S/c1-2-30-20(28)10-6-12-24-19(27)15-31-22-25-18-9-4-3-8-17(18)21(29)26(22)14-16-7-5-11-23-13-16/h3-5,7-9,11,13H,2,6,10,12,14-15H2,1H3,(H,24,27). The van der Waals surface area contributed by atoms with Crippen molar-refractivity contribution >= 4 is 34.5 Å². The van der Waals surface area contributed by atoms with Gasteiger partial charge in [-0.1, -0.05) is 30.0 Å². The zero-order valence-corrected chi connectivity index (χ0v) is 18.1. The SMILES string of the molecule is CCOC(=O)CCCNC(=O)CSc1nc2ccccc2c(=O)n1Cc1cccnc1. The summed E-state index contributed by atoms with van der Waals surface area (Å²) in [5.41, 5.74) is 1.30. The highest BCUT2D eigenvalue weighted by atomic mass is 32.2. The number of ether oxygens (including phenoxy) is 1. The van der Waals surface area contributed by atoms with Gasteiger partial charge in [0.1, 0.15) is 0 Å². The number of amides is 1. The molecule has 8 nitrogen and oxygen atoms in total. The molecule has 0 saturated carbocycles. The highest BCUT2D eigenvalue weighted by Crippen LogP contribution is 2.18. The van der Waals surface area contributed by atoms with E-state index in [-0.39, 0.29) is 29.6 Å². The molecule has 0 fully saturated rings. The lowest BCUT2D eigenvalue weighted by molar-refractivity contribution is -0.143. The normalized spacial score (nSPS) is 10.7. The van der Waals surface area contributed by atoms with Gasteiger partial charge in [-0.3, -0.25) is 23.9 Å². The fourth-order valence-electron chi connectivity index (χ4n) is 2.95. The van der Waals surface area contributed by atoms with Crippen LogP contribution in [0.1, 0.15) is 25.3 Å². The van der Waals surface area contributed by atoms with E-state index in [0.717, 1.165) is 5.56 Å². The predicted octanol–water partition coefficient (Wildman–Crippen LogP) is 2.39. The number of fused-ring (bicyclic) bond motifs is 1. The number of hydrogen-bond acceptors (Lipinski definition) is 7. The number of nitrogens with one attached hydrogen (secondary N) is 1. The molecule has 0 unspecified atom stereocenters. The number of rotatable bonds is 10. The predicted molar refractivity (Wildman–Crippen MR) is 119 cm³/mol. The summed E-state index contributed by atoms with van der Waals surface area (Å²) in [6.45, 7) is 2.80. The molecule has 2 aromatic heterocycles. The van der Waals surface area contributed by atoms with Crippen molar-refractivity contribution in [2.45, 2.75) is 31.5 Å². The maximum Gasteiger partial charge on any atom is 0.305 e. The fourth-order valence-corrected chi connectivity index (χ4v) is 3.77. The van der Waals surface area contributed by atoms with Crippen LogP contribution in [0.3, 0.4) is 0 Å². The van der Waals surface area contributed by atoms with Crippen LogP contribution in [0.15, 0.2) is 58.7 Å². The van der Waals surface area contributed by atoms with Crippen LogP contribution in [0.5, 0.6) is 0 Å². The molecule has 0 aliphatic rings. The molecule has 162 valence electrons. The quantitative estimate of drug-likeness (QED) is 0.223. The molecule has 31 heavy (non-hydrogen) atoms. The van der Waals surface area contributed by atoms with Crippen molar-refractivity contribution in [3.8, 4) is 0 Å². The summed E-state index contributed by atoms with van der Waals surface area (Å²) in [7, 11) is 0. The van der Waals surface area contributed by atoms with Crippen LogP contribution >= 0.6 is 11.8 Å². The van der Waals surface area contributed by atoms with Crippen molar-refractivity contribution in [1.82, 2.24) is 19.9 Å². The molecule has 1 aromatic carbocycles. The lowest BCUT2D eigenvalue weighted by atomic mass is 10.2. The summed E-state index contributed by atoms with van der Waals surface area (Å²) in [6, 6.07) is 10.9. The van der Waals surface area contributed by atoms with E-state index in [1.54, 1.807) is 42.1 Å². The molecule has 3 rings (SSSR count). The van der Waals surface area contributed by atoms with Gasteiger partial charge in [0.25, 0.3) is 5.56 Å². The van der Waals surface area contributed by atoms with Gasteiger partial charge >= 0.3 is 5.97 Å². The number of benzene rings is 1. The molecule has 2 heterocycles. The van der Waals surface area contributed by atoms with Gasteiger partial charge in [-0.05, 0) is 37.1 Å². The Morgan fingerprint density at radius 2 is 2.03 bits per heavy atom. The number of aromatic nitrogens is 3. The monoisotopic (exact) mass is 440 g/mol. The minimum atomic E-state index is -0.272. The minimum absolute atomic E-state index is 0.108. The number of pyridine rings is 1. The van der Waals surface area contributed by atoms with Crippen molar-refractivity contribution in [3.05, 3.63) is 64.7 Å². The van der Waals surface area contributed by atoms with Crippen molar-refractivity contribution < 1.29 is 14.3 Å². The number of esters is 1. The van der Waals surface area contributed by atoms with E-state index in [4.69, 9.17) is 4.74 Å². The Morgan fingerprint density at radius 1 is 1.19 bits per heavy atom. The van der Waals surface area contributed by atoms with Gasteiger partial charge in [-0.2, -0.15) is 0 Å². The molecule has 0 aliphatic heterocycles. The lowest BCUT2D eigenvalue weighted by Gasteiger charge is -2.13. The van der Waals surface area contributed by atoms with Crippen LogP contribution in [-0.2, 0) is 20.9 Å². The van der Waals surface area contributed by atoms with Gasteiger partial charge in [0, 0.05) is 25.4 Å². The van der Waals surface area contributed by atoms with Gasteiger partial charge in [0.2, 0.25) is 5.91 Å². The lowest BCUT2D eigenvalue weighted by Crippen LogP contribution is -2.28. The summed E-state index contributed by atoms with van der Waals surface area (Å²) >= 11 is 1.20. The van der Waals surface area contributed by atoms with Gasteiger partial charge in [-0.15, -0.1) is 0 Å². The first kappa shape index (κ1) is 22.5. The van der Waals surface area contributed by atoms with Crippen LogP contribution in [-0.4, -0.2) is 45.3 Å². The van der Waals surface area contributed by atoms with Crippen LogP contribution < -0.4 is 10.9 Å². The zero-order valence-electron chi connectivity index (χ0n) is 17.2. The highest BCUT2D eigenvalue weighted by Gasteiger charge is 2.14. The number of nitrogens with zero attached hydrogens (tertiary/aromatic N) is 3. The molecule has 0 saturated heterocycles. The molecule has 3 aromatic rings. The van der Waals surface area contributed by atoms with Crippen molar-refractivity contribution in [3.63, 3.8) is 0 Å². The van der Waals surface area contributed by atoms with E-state index < -0.39 is 0 Å². The molecule has 0 atom stereocenters. The second-order valence-electron chi connectivity index (χ2n) is 6.71. The van der Waals surface area contributed by atoms with Gasteiger partial charge in [0.15, 0.2) is 5.16 Å². The Balaban J connectivity index is 1.69. The van der Waals surface area contributed by atoms with Crippen LogP contribution in [0.4, 0.5) is 0 Å². The smallest absolute Gasteiger partial charge is 0.305 e. The summed E-state index contributed by atoms with van der Waals surface area (Å²) in [5.74, 6) is -0.355. The number of carbonyl (C=O) groups is 2. The van der Waals surface area contributed by atoms with Crippen molar-refractivity contribution in [2.24, 2.45) is 0 Å².